The number of carboxylic acids is 1. The molecule has 1 fully saturated rings. The number of aromatic hydroxyl groups is 1. The molecule has 21 heavy (non-hydrogen) atoms. The molecule has 1 aliphatic rings. The molecule has 2 rings (SSSR count). The largest absolute Gasteiger partial charge is 0.507 e. The average molecular weight is 311 g/mol. The van der Waals surface area contributed by atoms with Gasteiger partial charge in [-0.15, -0.1) is 0 Å². The Labute approximate surface area is 126 Å². The van der Waals surface area contributed by atoms with Gasteiger partial charge in [0.2, 0.25) is 0 Å². The highest BCUT2D eigenvalue weighted by molar-refractivity contribution is 7.99. The zero-order valence-corrected chi connectivity index (χ0v) is 12.4. The zero-order chi connectivity index (χ0) is 15.4. The molecule has 0 aromatic heterocycles. The Bertz CT molecular complexity index is 548. The Kier molecular flexibility index (Phi) is 4.95. The van der Waals surface area contributed by atoms with E-state index in [2.05, 4.69) is 0 Å². The molecular formula is C14H17NO5S. The van der Waals surface area contributed by atoms with Crippen molar-refractivity contribution in [2.45, 2.75) is 12.5 Å². The molecule has 0 spiro atoms. The number of methoxy groups -OCH3 is 1. The summed E-state index contributed by atoms with van der Waals surface area (Å²) in [6, 6.07) is 4.07. The van der Waals surface area contributed by atoms with E-state index >= 15 is 0 Å². The fourth-order valence-electron chi connectivity index (χ4n) is 2.26. The molecule has 1 unspecified atom stereocenters. The van der Waals surface area contributed by atoms with Crippen LogP contribution >= 0.6 is 11.8 Å². The summed E-state index contributed by atoms with van der Waals surface area (Å²) in [7, 11) is 1.48. The van der Waals surface area contributed by atoms with Gasteiger partial charge in [-0.25, -0.2) is 0 Å². The first-order valence-electron chi connectivity index (χ1n) is 6.50. The van der Waals surface area contributed by atoms with E-state index in [4.69, 9.17) is 9.84 Å². The van der Waals surface area contributed by atoms with Gasteiger partial charge in [-0.05, 0) is 18.2 Å². The van der Waals surface area contributed by atoms with E-state index in [0.29, 0.717) is 18.0 Å². The molecule has 7 heteroatoms. The molecule has 1 aliphatic heterocycles. The van der Waals surface area contributed by atoms with E-state index in [0.717, 1.165) is 5.75 Å². The lowest BCUT2D eigenvalue weighted by Crippen LogP contribution is -2.47. The Hall–Kier alpha value is -1.89. The molecule has 1 atom stereocenters. The van der Waals surface area contributed by atoms with Crippen LogP contribution < -0.4 is 4.74 Å². The minimum atomic E-state index is -0.935. The minimum Gasteiger partial charge on any atom is -0.507 e. The molecule has 1 heterocycles. The lowest BCUT2D eigenvalue weighted by molar-refractivity contribution is -0.138. The molecule has 1 aromatic rings. The lowest BCUT2D eigenvalue weighted by Gasteiger charge is -2.34. The quantitative estimate of drug-likeness (QED) is 0.875. The predicted octanol–water partition coefficient (Wildman–Crippen LogP) is 1.43. The van der Waals surface area contributed by atoms with Crippen LogP contribution in [-0.2, 0) is 4.79 Å². The maximum absolute atomic E-state index is 12.6. The summed E-state index contributed by atoms with van der Waals surface area (Å²) >= 11 is 1.63. The smallest absolute Gasteiger partial charge is 0.305 e. The maximum atomic E-state index is 12.6. The molecule has 114 valence electrons. The zero-order valence-electron chi connectivity index (χ0n) is 11.6. The first-order valence-corrected chi connectivity index (χ1v) is 7.66. The fraction of sp³-hybridized carbons (Fsp3) is 0.429. The highest BCUT2D eigenvalue weighted by Gasteiger charge is 2.30. The van der Waals surface area contributed by atoms with Crippen LogP contribution in [-0.4, -0.2) is 58.2 Å². The number of nitrogens with zero attached hydrogens (tertiary/aromatic N) is 1. The average Bonchev–Trinajstić information content (AvgIpc) is 2.47. The summed E-state index contributed by atoms with van der Waals surface area (Å²) in [6.07, 6.45) is -0.0938. The highest BCUT2D eigenvalue weighted by atomic mass is 32.2. The second kappa shape index (κ2) is 6.71. The summed E-state index contributed by atoms with van der Waals surface area (Å²) in [6.45, 7) is 0.470. The van der Waals surface area contributed by atoms with E-state index in [1.807, 2.05) is 0 Å². The van der Waals surface area contributed by atoms with Gasteiger partial charge in [-0.1, -0.05) is 0 Å². The molecule has 0 radical (unpaired) electrons. The van der Waals surface area contributed by atoms with Crippen molar-refractivity contribution in [1.82, 2.24) is 4.90 Å². The van der Waals surface area contributed by atoms with Crippen LogP contribution in [0.4, 0.5) is 0 Å². The highest BCUT2D eigenvalue weighted by Crippen LogP contribution is 2.27. The summed E-state index contributed by atoms with van der Waals surface area (Å²) in [5, 5.41) is 18.8. The molecule has 1 aromatic carbocycles. The van der Waals surface area contributed by atoms with Gasteiger partial charge in [0.05, 0.1) is 25.1 Å². The monoisotopic (exact) mass is 311 g/mol. The Morgan fingerprint density at radius 1 is 1.48 bits per heavy atom. The molecule has 0 aliphatic carbocycles. The third kappa shape index (κ3) is 3.60. The lowest BCUT2D eigenvalue weighted by atomic mass is 10.1. The van der Waals surface area contributed by atoms with Crippen LogP contribution in [0.2, 0.25) is 0 Å². The van der Waals surface area contributed by atoms with Gasteiger partial charge < -0.3 is 19.8 Å². The number of carbonyl (C=O) groups is 2. The van der Waals surface area contributed by atoms with E-state index in [1.54, 1.807) is 17.8 Å². The second-order valence-corrected chi connectivity index (χ2v) is 5.86. The molecule has 0 saturated carbocycles. The number of rotatable bonds is 4. The van der Waals surface area contributed by atoms with Crippen molar-refractivity contribution in [1.29, 1.82) is 0 Å². The summed E-state index contributed by atoms with van der Waals surface area (Å²) < 4.78 is 5.06. The van der Waals surface area contributed by atoms with Crippen LogP contribution in [0.3, 0.4) is 0 Å². The maximum Gasteiger partial charge on any atom is 0.305 e. The Morgan fingerprint density at radius 2 is 2.24 bits per heavy atom. The minimum absolute atomic E-state index is 0.0938. The van der Waals surface area contributed by atoms with Gasteiger partial charge in [0.1, 0.15) is 11.5 Å². The molecular weight excluding hydrogens is 294 g/mol. The van der Waals surface area contributed by atoms with Crippen molar-refractivity contribution in [2.24, 2.45) is 0 Å². The van der Waals surface area contributed by atoms with Gasteiger partial charge in [-0.2, -0.15) is 11.8 Å². The van der Waals surface area contributed by atoms with E-state index < -0.39 is 5.97 Å². The predicted molar refractivity (Wildman–Crippen MR) is 79.1 cm³/mol. The summed E-state index contributed by atoms with van der Waals surface area (Å²) in [4.78, 5) is 25.0. The standard InChI is InChI=1S/C14H17NO5S/c1-20-10-2-3-12(16)11(7-10)14(19)15-4-5-21-8-9(15)6-13(17)18/h2-3,7,9,16H,4-6,8H2,1H3,(H,17,18). The van der Waals surface area contributed by atoms with Crippen molar-refractivity contribution in [3.63, 3.8) is 0 Å². The molecule has 6 nitrogen and oxygen atoms in total. The number of phenols is 1. The van der Waals surface area contributed by atoms with Gasteiger partial charge in [0.25, 0.3) is 5.91 Å². The third-order valence-corrected chi connectivity index (χ3v) is 4.42. The summed E-state index contributed by atoms with van der Waals surface area (Å²) in [5.74, 6) is 0.383. The third-order valence-electron chi connectivity index (χ3n) is 3.33. The van der Waals surface area contributed by atoms with Crippen molar-refractivity contribution >= 4 is 23.6 Å². The number of hydrogen-bond acceptors (Lipinski definition) is 5. The fourth-order valence-corrected chi connectivity index (χ4v) is 3.32. The van der Waals surface area contributed by atoms with Crippen LogP contribution in [0.1, 0.15) is 16.8 Å². The first kappa shape index (κ1) is 15.5. The normalized spacial score (nSPS) is 18.3. The number of phenolic OH excluding ortho intramolecular Hbond substituents is 1. The number of ether oxygens (including phenoxy) is 1. The van der Waals surface area contributed by atoms with Crippen LogP contribution in [0, 0.1) is 0 Å². The van der Waals surface area contributed by atoms with E-state index in [-0.39, 0.29) is 29.7 Å². The number of carbonyl (C=O) groups excluding carboxylic acids is 1. The van der Waals surface area contributed by atoms with Crippen LogP contribution in [0.5, 0.6) is 11.5 Å². The van der Waals surface area contributed by atoms with Crippen molar-refractivity contribution < 1.29 is 24.5 Å². The molecule has 0 bridgehead atoms. The van der Waals surface area contributed by atoms with E-state index in [9.17, 15) is 14.7 Å². The SMILES string of the molecule is COc1ccc(O)c(C(=O)N2CCSCC2CC(=O)O)c1. The van der Waals surface area contributed by atoms with Gasteiger partial charge in [0.15, 0.2) is 0 Å². The number of thioether (sulfide) groups is 1. The van der Waals surface area contributed by atoms with Crippen LogP contribution in [0.15, 0.2) is 18.2 Å². The summed E-state index contributed by atoms with van der Waals surface area (Å²) in [5.41, 5.74) is 0.136. The second-order valence-electron chi connectivity index (χ2n) is 4.71. The van der Waals surface area contributed by atoms with Crippen molar-refractivity contribution in [3.8, 4) is 11.5 Å². The number of aliphatic carboxylic acids is 1. The number of carboxylic acid groups (broad SMARTS) is 1. The van der Waals surface area contributed by atoms with Gasteiger partial charge in [0, 0.05) is 18.1 Å². The Balaban J connectivity index is 2.26. The Morgan fingerprint density at radius 3 is 2.90 bits per heavy atom. The van der Waals surface area contributed by atoms with Crippen molar-refractivity contribution in [3.05, 3.63) is 23.8 Å². The van der Waals surface area contributed by atoms with Crippen molar-refractivity contribution in [2.75, 3.05) is 25.2 Å². The molecule has 1 amide bonds. The van der Waals surface area contributed by atoms with E-state index in [1.165, 1.54) is 24.1 Å². The van der Waals surface area contributed by atoms with Gasteiger partial charge in [-0.3, -0.25) is 9.59 Å². The number of benzene rings is 1. The molecule has 2 N–H and O–H groups in total. The topological polar surface area (TPSA) is 87.1 Å². The molecule has 1 saturated heterocycles. The van der Waals surface area contributed by atoms with Gasteiger partial charge >= 0.3 is 5.97 Å². The van der Waals surface area contributed by atoms with Crippen LogP contribution in [0.25, 0.3) is 0 Å². The number of amides is 1. The number of hydrogen-bond donors (Lipinski definition) is 2. The first-order chi connectivity index (χ1) is 10.0.